The molecule has 0 atom stereocenters. The molecular formula is C21H27NO2. The summed E-state index contributed by atoms with van der Waals surface area (Å²) in [7, 11) is 0. The molecular weight excluding hydrogens is 298 g/mol. The summed E-state index contributed by atoms with van der Waals surface area (Å²) in [4.78, 5) is 10.4. The average molecular weight is 325 g/mol. The van der Waals surface area contributed by atoms with E-state index in [2.05, 4.69) is 60.8 Å². The lowest BCUT2D eigenvalue weighted by molar-refractivity contribution is -0.137. The highest BCUT2D eigenvalue weighted by Crippen LogP contribution is 2.21. The van der Waals surface area contributed by atoms with E-state index >= 15 is 0 Å². The van der Waals surface area contributed by atoms with Gasteiger partial charge in [0.15, 0.2) is 0 Å². The molecule has 24 heavy (non-hydrogen) atoms. The molecule has 0 spiro atoms. The van der Waals surface area contributed by atoms with Crippen molar-refractivity contribution in [3.63, 3.8) is 0 Å². The van der Waals surface area contributed by atoms with Crippen molar-refractivity contribution < 1.29 is 9.90 Å². The third-order valence-electron chi connectivity index (χ3n) is 4.13. The van der Waals surface area contributed by atoms with Gasteiger partial charge in [0.25, 0.3) is 0 Å². The fourth-order valence-corrected chi connectivity index (χ4v) is 2.66. The zero-order chi connectivity index (χ0) is 17.2. The summed E-state index contributed by atoms with van der Waals surface area (Å²) in [5.74, 6) is -0.734. The van der Waals surface area contributed by atoms with E-state index in [0.29, 0.717) is 6.42 Å². The van der Waals surface area contributed by atoms with Gasteiger partial charge in [0.05, 0.1) is 0 Å². The van der Waals surface area contributed by atoms with Crippen molar-refractivity contribution in [2.75, 3.05) is 6.54 Å². The van der Waals surface area contributed by atoms with Crippen LogP contribution in [0.5, 0.6) is 0 Å². The van der Waals surface area contributed by atoms with Gasteiger partial charge in [-0.25, -0.2) is 0 Å². The number of hydrogen-bond donors (Lipinski definition) is 2. The lowest BCUT2D eigenvalue weighted by Crippen LogP contribution is -2.15. The second-order valence-corrected chi connectivity index (χ2v) is 6.17. The van der Waals surface area contributed by atoms with E-state index in [4.69, 9.17) is 5.11 Å². The van der Waals surface area contributed by atoms with E-state index in [9.17, 15) is 4.79 Å². The first-order valence-electron chi connectivity index (χ1n) is 8.80. The Morgan fingerprint density at radius 1 is 0.917 bits per heavy atom. The molecule has 3 heteroatoms. The minimum Gasteiger partial charge on any atom is -0.481 e. The Hall–Kier alpha value is -2.13. The number of carboxylic acids is 1. The maximum absolute atomic E-state index is 10.4. The van der Waals surface area contributed by atoms with Crippen LogP contribution in [0, 0.1) is 0 Å². The van der Waals surface area contributed by atoms with E-state index in [0.717, 1.165) is 19.5 Å². The topological polar surface area (TPSA) is 49.3 Å². The number of hydrogen-bond acceptors (Lipinski definition) is 2. The van der Waals surface area contributed by atoms with Gasteiger partial charge in [0.1, 0.15) is 0 Å². The second kappa shape index (κ2) is 9.89. The molecule has 3 nitrogen and oxygen atoms in total. The Morgan fingerprint density at radius 2 is 1.50 bits per heavy atom. The van der Waals surface area contributed by atoms with Crippen LogP contribution in [0.25, 0.3) is 11.1 Å². The van der Waals surface area contributed by atoms with Crippen LogP contribution in [0.1, 0.15) is 43.7 Å². The SMILES string of the molecule is CCCCc1ccc(-c2ccc(CNCCCC(=O)O)cc2)cc1. The summed E-state index contributed by atoms with van der Waals surface area (Å²) < 4.78 is 0. The summed E-state index contributed by atoms with van der Waals surface area (Å²) in [5, 5.41) is 11.9. The number of carbonyl (C=O) groups is 1. The molecule has 0 amide bonds. The van der Waals surface area contributed by atoms with Gasteiger partial charge in [-0.15, -0.1) is 0 Å². The van der Waals surface area contributed by atoms with E-state index in [-0.39, 0.29) is 6.42 Å². The van der Waals surface area contributed by atoms with Crippen LogP contribution in [-0.2, 0) is 17.8 Å². The molecule has 0 unspecified atom stereocenters. The Kier molecular flexibility index (Phi) is 7.50. The van der Waals surface area contributed by atoms with Crippen molar-refractivity contribution in [2.24, 2.45) is 0 Å². The molecule has 2 aromatic carbocycles. The predicted octanol–water partition coefficient (Wildman–Crippen LogP) is 4.65. The highest BCUT2D eigenvalue weighted by molar-refractivity contribution is 5.66. The van der Waals surface area contributed by atoms with Crippen molar-refractivity contribution in [3.05, 3.63) is 59.7 Å². The molecule has 2 rings (SSSR count). The van der Waals surface area contributed by atoms with Gasteiger partial charge in [-0.05, 0) is 48.1 Å². The molecule has 0 aliphatic heterocycles. The highest BCUT2D eigenvalue weighted by Gasteiger charge is 2.00. The summed E-state index contributed by atoms with van der Waals surface area (Å²) >= 11 is 0. The van der Waals surface area contributed by atoms with Crippen LogP contribution in [0.2, 0.25) is 0 Å². The van der Waals surface area contributed by atoms with Crippen molar-refractivity contribution in [2.45, 2.75) is 45.6 Å². The van der Waals surface area contributed by atoms with Crippen molar-refractivity contribution in [1.29, 1.82) is 0 Å². The first kappa shape index (κ1) is 18.2. The third kappa shape index (κ3) is 6.17. The average Bonchev–Trinajstić information content (AvgIpc) is 2.60. The van der Waals surface area contributed by atoms with Gasteiger partial charge in [0.2, 0.25) is 0 Å². The molecule has 0 aromatic heterocycles. The summed E-state index contributed by atoms with van der Waals surface area (Å²) in [6, 6.07) is 17.4. The van der Waals surface area contributed by atoms with E-state index in [1.807, 2.05) is 0 Å². The molecule has 128 valence electrons. The van der Waals surface area contributed by atoms with Crippen LogP contribution < -0.4 is 5.32 Å². The molecule has 2 aromatic rings. The number of nitrogens with one attached hydrogen (secondary N) is 1. The Balaban J connectivity index is 1.83. The van der Waals surface area contributed by atoms with Gasteiger partial charge < -0.3 is 10.4 Å². The molecule has 0 fully saturated rings. The molecule has 0 saturated heterocycles. The van der Waals surface area contributed by atoms with Gasteiger partial charge in [-0.3, -0.25) is 4.79 Å². The largest absolute Gasteiger partial charge is 0.481 e. The maximum Gasteiger partial charge on any atom is 0.303 e. The number of unbranched alkanes of at least 4 members (excludes halogenated alkanes) is 1. The molecule has 0 aliphatic rings. The van der Waals surface area contributed by atoms with Crippen LogP contribution in [-0.4, -0.2) is 17.6 Å². The van der Waals surface area contributed by atoms with Crippen molar-refractivity contribution in [1.82, 2.24) is 5.32 Å². The lowest BCUT2D eigenvalue weighted by atomic mass is 10.0. The number of aryl methyl sites for hydroxylation is 1. The number of rotatable bonds is 10. The quantitative estimate of drug-likeness (QED) is 0.625. The molecule has 0 bridgehead atoms. The Morgan fingerprint density at radius 3 is 2.04 bits per heavy atom. The summed E-state index contributed by atoms with van der Waals surface area (Å²) in [6.07, 6.45) is 4.52. The smallest absolute Gasteiger partial charge is 0.303 e. The first-order chi connectivity index (χ1) is 11.7. The zero-order valence-electron chi connectivity index (χ0n) is 14.4. The van der Waals surface area contributed by atoms with Crippen LogP contribution in [0.4, 0.5) is 0 Å². The molecule has 0 aliphatic carbocycles. The standard InChI is InChI=1S/C21H27NO2/c1-2-3-5-17-7-11-19(12-8-17)20-13-9-18(10-14-20)16-22-15-4-6-21(23)24/h7-14,22H,2-6,15-16H2,1H3,(H,23,24). The van der Waals surface area contributed by atoms with Gasteiger partial charge in [-0.1, -0.05) is 61.9 Å². The summed E-state index contributed by atoms with van der Waals surface area (Å²) in [5.41, 5.74) is 5.10. The van der Waals surface area contributed by atoms with E-state index in [1.54, 1.807) is 0 Å². The maximum atomic E-state index is 10.4. The second-order valence-electron chi connectivity index (χ2n) is 6.17. The number of carboxylic acid groups (broad SMARTS) is 1. The van der Waals surface area contributed by atoms with E-state index < -0.39 is 5.97 Å². The van der Waals surface area contributed by atoms with E-state index in [1.165, 1.54) is 35.1 Å². The molecule has 0 saturated carbocycles. The third-order valence-corrected chi connectivity index (χ3v) is 4.13. The minimum atomic E-state index is -0.734. The van der Waals surface area contributed by atoms with Crippen LogP contribution >= 0.6 is 0 Å². The predicted molar refractivity (Wildman–Crippen MR) is 99.1 cm³/mol. The van der Waals surface area contributed by atoms with Gasteiger partial charge in [-0.2, -0.15) is 0 Å². The van der Waals surface area contributed by atoms with Gasteiger partial charge in [0, 0.05) is 13.0 Å². The lowest BCUT2D eigenvalue weighted by Gasteiger charge is -2.07. The molecule has 2 N–H and O–H groups in total. The van der Waals surface area contributed by atoms with Crippen molar-refractivity contribution in [3.8, 4) is 11.1 Å². The van der Waals surface area contributed by atoms with Crippen LogP contribution in [0.15, 0.2) is 48.5 Å². The number of aliphatic carboxylic acids is 1. The fourth-order valence-electron chi connectivity index (χ4n) is 2.66. The van der Waals surface area contributed by atoms with Crippen LogP contribution in [0.3, 0.4) is 0 Å². The number of benzene rings is 2. The fraction of sp³-hybridized carbons (Fsp3) is 0.381. The highest BCUT2D eigenvalue weighted by atomic mass is 16.4. The summed E-state index contributed by atoms with van der Waals surface area (Å²) in [6.45, 7) is 3.72. The van der Waals surface area contributed by atoms with Gasteiger partial charge >= 0.3 is 5.97 Å². The van der Waals surface area contributed by atoms with Crippen molar-refractivity contribution >= 4 is 5.97 Å². The first-order valence-corrected chi connectivity index (χ1v) is 8.80. The zero-order valence-corrected chi connectivity index (χ0v) is 14.4. The molecule has 0 heterocycles. The molecule has 0 radical (unpaired) electrons. The minimum absolute atomic E-state index is 0.222. The monoisotopic (exact) mass is 325 g/mol. The normalized spacial score (nSPS) is 10.7. The Bertz CT molecular complexity index is 617. The Labute approximate surface area is 144 Å².